The van der Waals surface area contributed by atoms with Crippen LogP contribution in [0, 0.1) is 12.8 Å². The standard InChI is InChI=1S/C18H29N3O2/c1-13(2)8-6-4-5-7-11-20-18(23)21-15-10-9-14(3)16(12-15)17(19)22/h9-10,12-13H,4-8,11H2,1-3H3,(H2,19,22)(H2,20,21,23). The normalized spacial score (nSPS) is 10.6. The zero-order valence-corrected chi connectivity index (χ0v) is 14.4. The Hall–Kier alpha value is -2.04. The van der Waals surface area contributed by atoms with Crippen LogP contribution < -0.4 is 16.4 Å². The van der Waals surface area contributed by atoms with Gasteiger partial charge in [-0.25, -0.2) is 4.79 Å². The number of nitrogens with one attached hydrogen (secondary N) is 2. The molecule has 0 aliphatic carbocycles. The van der Waals surface area contributed by atoms with Gasteiger partial charge in [-0.3, -0.25) is 4.79 Å². The Labute approximate surface area is 139 Å². The summed E-state index contributed by atoms with van der Waals surface area (Å²) >= 11 is 0. The number of hydrogen-bond donors (Lipinski definition) is 3. The molecular formula is C18H29N3O2. The summed E-state index contributed by atoms with van der Waals surface area (Å²) < 4.78 is 0. The summed E-state index contributed by atoms with van der Waals surface area (Å²) in [6, 6.07) is 4.87. The van der Waals surface area contributed by atoms with Gasteiger partial charge in [-0.2, -0.15) is 0 Å². The molecule has 0 aliphatic heterocycles. The molecule has 4 N–H and O–H groups in total. The van der Waals surface area contributed by atoms with E-state index in [9.17, 15) is 9.59 Å². The molecule has 0 fully saturated rings. The Balaban J connectivity index is 2.26. The van der Waals surface area contributed by atoms with Crippen LogP contribution in [0.25, 0.3) is 0 Å². The molecule has 1 aromatic carbocycles. The first-order chi connectivity index (χ1) is 10.9. The molecule has 0 aromatic heterocycles. The molecule has 0 spiro atoms. The number of nitrogens with two attached hydrogens (primary N) is 1. The number of rotatable bonds is 9. The molecule has 5 nitrogen and oxygen atoms in total. The molecule has 1 rings (SSSR count). The van der Waals surface area contributed by atoms with Gasteiger partial charge in [-0.05, 0) is 37.0 Å². The predicted molar refractivity (Wildman–Crippen MR) is 94.6 cm³/mol. The number of unbranched alkanes of at least 4 members (excludes halogenated alkanes) is 3. The Morgan fingerprint density at radius 3 is 2.48 bits per heavy atom. The maximum atomic E-state index is 11.8. The van der Waals surface area contributed by atoms with Crippen LogP contribution in [0.4, 0.5) is 10.5 Å². The molecule has 3 amide bonds. The van der Waals surface area contributed by atoms with E-state index in [1.807, 2.05) is 6.92 Å². The third-order valence-corrected chi connectivity index (χ3v) is 3.75. The van der Waals surface area contributed by atoms with Gasteiger partial charge in [-0.15, -0.1) is 0 Å². The smallest absolute Gasteiger partial charge is 0.319 e. The number of amides is 3. The minimum Gasteiger partial charge on any atom is -0.366 e. The van der Waals surface area contributed by atoms with Crippen molar-refractivity contribution in [2.75, 3.05) is 11.9 Å². The first kappa shape index (κ1) is 19.0. The highest BCUT2D eigenvalue weighted by atomic mass is 16.2. The van der Waals surface area contributed by atoms with Crippen LogP contribution in [0.1, 0.15) is 61.9 Å². The van der Waals surface area contributed by atoms with Crippen LogP contribution >= 0.6 is 0 Å². The summed E-state index contributed by atoms with van der Waals surface area (Å²) in [5.41, 5.74) is 7.09. The molecule has 128 valence electrons. The highest BCUT2D eigenvalue weighted by Gasteiger charge is 2.07. The minimum atomic E-state index is -0.493. The molecule has 0 radical (unpaired) electrons. The van der Waals surface area contributed by atoms with Gasteiger partial charge in [0.1, 0.15) is 0 Å². The van der Waals surface area contributed by atoms with Crippen LogP contribution in [0.5, 0.6) is 0 Å². The fraction of sp³-hybridized carbons (Fsp3) is 0.556. The molecule has 23 heavy (non-hydrogen) atoms. The number of urea groups is 1. The molecule has 5 heteroatoms. The number of primary amides is 1. The lowest BCUT2D eigenvalue weighted by Gasteiger charge is -2.10. The van der Waals surface area contributed by atoms with Gasteiger partial charge >= 0.3 is 6.03 Å². The molecule has 0 unspecified atom stereocenters. The zero-order chi connectivity index (χ0) is 17.2. The highest BCUT2D eigenvalue weighted by molar-refractivity contribution is 5.97. The number of carbonyl (C=O) groups is 2. The lowest BCUT2D eigenvalue weighted by molar-refractivity contribution is 0.0999. The van der Waals surface area contributed by atoms with Crippen molar-refractivity contribution in [3.05, 3.63) is 29.3 Å². The second-order valence-corrected chi connectivity index (χ2v) is 6.37. The molecule has 0 saturated carbocycles. The fourth-order valence-corrected chi connectivity index (χ4v) is 2.37. The van der Waals surface area contributed by atoms with Crippen molar-refractivity contribution >= 4 is 17.6 Å². The van der Waals surface area contributed by atoms with Gasteiger partial charge in [0.25, 0.3) is 0 Å². The summed E-state index contributed by atoms with van der Waals surface area (Å²) in [4.78, 5) is 23.1. The predicted octanol–water partition coefficient (Wildman–Crippen LogP) is 3.82. The van der Waals surface area contributed by atoms with Crippen LogP contribution in [-0.2, 0) is 0 Å². The van der Waals surface area contributed by atoms with Crippen molar-refractivity contribution in [3.8, 4) is 0 Å². The van der Waals surface area contributed by atoms with Crippen LogP contribution in [0.15, 0.2) is 18.2 Å². The average molecular weight is 319 g/mol. The van der Waals surface area contributed by atoms with Gasteiger partial charge in [0.2, 0.25) is 5.91 Å². The van der Waals surface area contributed by atoms with Gasteiger partial charge in [0, 0.05) is 17.8 Å². The summed E-state index contributed by atoms with van der Waals surface area (Å²) in [5, 5.41) is 5.55. The van der Waals surface area contributed by atoms with Crippen LogP contribution in [-0.4, -0.2) is 18.5 Å². The summed E-state index contributed by atoms with van der Waals surface area (Å²) in [6.07, 6.45) is 5.84. The van der Waals surface area contributed by atoms with Crippen molar-refractivity contribution in [3.63, 3.8) is 0 Å². The van der Waals surface area contributed by atoms with E-state index in [1.54, 1.807) is 18.2 Å². The van der Waals surface area contributed by atoms with Crippen molar-refractivity contribution in [1.82, 2.24) is 5.32 Å². The van der Waals surface area contributed by atoms with E-state index in [0.29, 0.717) is 17.8 Å². The lowest BCUT2D eigenvalue weighted by Crippen LogP contribution is -2.29. The zero-order valence-electron chi connectivity index (χ0n) is 14.4. The number of anilines is 1. The summed E-state index contributed by atoms with van der Waals surface area (Å²) in [5.74, 6) is 0.270. The topological polar surface area (TPSA) is 84.2 Å². The van der Waals surface area contributed by atoms with Gasteiger partial charge in [0.05, 0.1) is 0 Å². The van der Waals surface area contributed by atoms with E-state index < -0.39 is 5.91 Å². The van der Waals surface area contributed by atoms with Gasteiger partial charge < -0.3 is 16.4 Å². The van der Waals surface area contributed by atoms with E-state index in [0.717, 1.165) is 24.3 Å². The van der Waals surface area contributed by atoms with E-state index in [4.69, 9.17) is 5.73 Å². The van der Waals surface area contributed by atoms with Gasteiger partial charge in [0.15, 0.2) is 0 Å². The van der Waals surface area contributed by atoms with Gasteiger partial charge in [-0.1, -0.05) is 45.6 Å². The lowest BCUT2D eigenvalue weighted by atomic mass is 10.0. The quantitative estimate of drug-likeness (QED) is 0.604. The van der Waals surface area contributed by atoms with E-state index in [1.165, 1.54) is 19.3 Å². The molecule has 0 saturated heterocycles. The molecule has 0 aliphatic rings. The second kappa shape index (κ2) is 9.87. The largest absolute Gasteiger partial charge is 0.366 e. The average Bonchev–Trinajstić information content (AvgIpc) is 2.47. The van der Waals surface area contributed by atoms with E-state index >= 15 is 0 Å². The Morgan fingerprint density at radius 1 is 1.13 bits per heavy atom. The molecular weight excluding hydrogens is 290 g/mol. The monoisotopic (exact) mass is 319 g/mol. The van der Waals surface area contributed by atoms with Crippen molar-refractivity contribution in [2.45, 2.75) is 52.9 Å². The van der Waals surface area contributed by atoms with E-state index in [2.05, 4.69) is 24.5 Å². The highest BCUT2D eigenvalue weighted by Crippen LogP contribution is 2.14. The Morgan fingerprint density at radius 2 is 1.83 bits per heavy atom. The molecule has 0 atom stereocenters. The number of carbonyl (C=O) groups excluding carboxylic acids is 2. The summed E-state index contributed by atoms with van der Waals surface area (Å²) in [6.45, 7) is 6.94. The van der Waals surface area contributed by atoms with Crippen LogP contribution in [0.2, 0.25) is 0 Å². The Kier molecular flexibility index (Phi) is 8.16. The van der Waals surface area contributed by atoms with E-state index in [-0.39, 0.29) is 6.03 Å². The maximum absolute atomic E-state index is 11.8. The molecule has 0 heterocycles. The number of benzene rings is 1. The first-order valence-electron chi connectivity index (χ1n) is 8.35. The minimum absolute atomic E-state index is 0.258. The first-order valence-corrected chi connectivity index (χ1v) is 8.35. The van der Waals surface area contributed by atoms with Crippen molar-refractivity contribution in [1.29, 1.82) is 0 Å². The number of aryl methyl sites for hydroxylation is 1. The third kappa shape index (κ3) is 7.68. The third-order valence-electron chi connectivity index (χ3n) is 3.75. The SMILES string of the molecule is Cc1ccc(NC(=O)NCCCCCCC(C)C)cc1C(N)=O. The molecule has 1 aromatic rings. The summed E-state index contributed by atoms with van der Waals surface area (Å²) in [7, 11) is 0. The van der Waals surface area contributed by atoms with Crippen LogP contribution in [0.3, 0.4) is 0 Å². The second-order valence-electron chi connectivity index (χ2n) is 6.37. The fourth-order valence-electron chi connectivity index (χ4n) is 2.37. The van der Waals surface area contributed by atoms with Crippen molar-refractivity contribution < 1.29 is 9.59 Å². The van der Waals surface area contributed by atoms with Crippen molar-refractivity contribution in [2.24, 2.45) is 11.7 Å². The maximum Gasteiger partial charge on any atom is 0.319 e. The Bertz CT molecular complexity index is 527. The number of hydrogen-bond acceptors (Lipinski definition) is 2. The molecule has 0 bridgehead atoms.